The number of ether oxygens (including phenoxy) is 4. The molecule has 1 N–H and O–H groups in total. The fourth-order valence-corrected chi connectivity index (χ4v) is 3.85. The summed E-state index contributed by atoms with van der Waals surface area (Å²) in [6.45, 7) is 0. The number of benzene rings is 2. The van der Waals surface area contributed by atoms with Gasteiger partial charge in [-0.3, -0.25) is 9.59 Å². The van der Waals surface area contributed by atoms with Crippen molar-refractivity contribution in [2.75, 3.05) is 28.4 Å². The van der Waals surface area contributed by atoms with Gasteiger partial charge in [0.15, 0.2) is 23.0 Å². The molecule has 9 heteroatoms. The molecule has 3 rings (SSSR count). The van der Waals surface area contributed by atoms with E-state index in [4.69, 9.17) is 24.1 Å². The van der Waals surface area contributed by atoms with Gasteiger partial charge in [0, 0.05) is 30.4 Å². The van der Waals surface area contributed by atoms with Crippen LogP contribution in [0.5, 0.6) is 23.0 Å². The molecule has 1 atom stereocenters. The van der Waals surface area contributed by atoms with Crippen LogP contribution in [0.1, 0.15) is 42.9 Å². The van der Waals surface area contributed by atoms with Gasteiger partial charge in [-0.15, -0.1) is 0 Å². The Morgan fingerprint density at radius 2 is 1.70 bits per heavy atom. The monoisotopic (exact) mass is 456 g/mol. The predicted octanol–water partition coefficient (Wildman–Crippen LogP) is 3.65. The zero-order chi connectivity index (χ0) is 24.0. The third-order valence-electron chi connectivity index (χ3n) is 5.46. The maximum atomic E-state index is 13.1. The van der Waals surface area contributed by atoms with Gasteiger partial charge >= 0.3 is 5.97 Å². The Labute approximate surface area is 192 Å². The highest BCUT2D eigenvalue weighted by molar-refractivity contribution is 6.03. The summed E-state index contributed by atoms with van der Waals surface area (Å²) in [5.74, 6) is 1.02. The Morgan fingerprint density at radius 1 is 0.970 bits per heavy atom. The lowest BCUT2D eigenvalue weighted by atomic mass is 9.97. The Bertz CT molecular complexity index is 1050. The largest absolute Gasteiger partial charge is 0.493 e. The summed E-state index contributed by atoms with van der Waals surface area (Å²) < 4.78 is 21.8. The number of methoxy groups -OCH3 is 4. The molecular formula is C24H28N2O7. The molecule has 1 aliphatic heterocycles. The minimum Gasteiger partial charge on any atom is -0.493 e. The Balaban J connectivity index is 1.99. The Kier molecular flexibility index (Phi) is 7.76. The van der Waals surface area contributed by atoms with E-state index in [1.54, 1.807) is 40.6 Å². The molecule has 2 aromatic rings. The molecule has 1 heterocycles. The van der Waals surface area contributed by atoms with Gasteiger partial charge < -0.3 is 24.1 Å². The van der Waals surface area contributed by atoms with Crippen molar-refractivity contribution in [2.45, 2.75) is 31.7 Å². The predicted molar refractivity (Wildman–Crippen MR) is 121 cm³/mol. The van der Waals surface area contributed by atoms with E-state index in [0.29, 0.717) is 35.1 Å². The number of aliphatic carboxylic acids is 1. The normalized spacial score (nSPS) is 15.1. The molecule has 0 aromatic heterocycles. The maximum Gasteiger partial charge on any atom is 0.303 e. The van der Waals surface area contributed by atoms with Crippen molar-refractivity contribution in [1.82, 2.24) is 5.01 Å². The molecule has 9 nitrogen and oxygen atoms in total. The lowest BCUT2D eigenvalue weighted by Crippen LogP contribution is -2.27. The average Bonchev–Trinajstić information content (AvgIpc) is 3.28. The van der Waals surface area contributed by atoms with E-state index in [1.807, 2.05) is 24.3 Å². The summed E-state index contributed by atoms with van der Waals surface area (Å²) in [6, 6.07) is 10.5. The van der Waals surface area contributed by atoms with E-state index in [-0.39, 0.29) is 25.2 Å². The van der Waals surface area contributed by atoms with Crippen molar-refractivity contribution in [3.05, 3.63) is 47.5 Å². The Morgan fingerprint density at radius 3 is 2.33 bits per heavy atom. The summed E-state index contributed by atoms with van der Waals surface area (Å²) in [5, 5.41) is 15.0. The smallest absolute Gasteiger partial charge is 0.303 e. The molecule has 33 heavy (non-hydrogen) atoms. The zero-order valence-electron chi connectivity index (χ0n) is 19.2. The molecule has 0 radical (unpaired) electrons. The van der Waals surface area contributed by atoms with E-state index in [0.717, 1.165) is 11.1 Å². The average molecular weight is 456 g/mol. The number of carboxylic acid groups (broad SMARTS) is 1. The third-order valence-corrected chi connectivity index (χ3v) is 5.46. The highest BCUT2D eigenvalue weighted by atomic mass is 16.5. The van der Waals surface area contributed by atoms with Gasteiger partial charge in [-0.25, -0.2) is 5.01 Å². The quantitative estimate of drug-likeness (QED) is 0.581. The topological polar surface area (TPSA) is 107 Å². The van der Waals surface area contributed by atoms with Crippen molar-refractivity contribution < 1.29 is 33.6 Å². The molecule has 0 saturated heterocycles. The van der Waals surface area contributed by atoms with Crippen LogP contribution >= 0.6 is 0 Å². The van der Waals surface area contributed by atoms with Crippen molar-refractivity contribution >= 4 is 17.6 Å². The highest BCUT2D eigenvalue weighted by Crippen LogP contribution is 2.42. The fourth-order valence-electron chi connectivity index (χ4n) is 3.85. The number of hydrogen-bond donors (Lipinski definition) is 1. The van der Waals surface area contributed by atoms with Crippen molar-refractivity contribution in [1.29, 1.82) is 0 Å². The van der Waals surface area contributed by atoms with Crippen LogP contribution in [-0.4, -0.2) is 56.1 Å². The second-order valence-electron chi connectivity index (χ2n) is 7.40. The van der Waals surface area contributed by atoms with Gasteiger partial charge in [0.2, 0.25) is 5.91 Å². The van der Waals surface area contributed by atoms with Crippen LogP contribution < -0.4 is 18.9 Å². The second-order valence-corrected chi connectivity index (χ2v) is 7.40. The molecule has 2 aromatic carbocycles. The molecule has 1 unspecified atom stereocenters. The summed E-state index contributed by atoms with van der Waals surface area (Å²) in [7, 11) is 6.22. The second kappa shape index (κ2) is 10.7. The number of hydrazone groups is 1. The van der Waals surface area contributed by atoms with Crippen LogP contribution in [-0.2, 0) is 9.59 Å². The van der Waals surface area contributed by atoms with Crippen LogP contribution in [0.4, 0.5) is 0 Å². The fraction of sp³-hybridized carbons (Fsp3) is 0.375. The third kappa shape index (κ3) is 5.19. The van der Waals surface area contributed by atoms with Gasteiger partial charge in [0.05, 0.1) is 40.2 Å². The van der Waals surface area contributed by atoms with E-state index in [9.17, 15) is 9.59 Å². The first-order valence-corrected chi connectivity index (χ1v) is 10.5. The van der Waals surface area contributed by atoms with Crippen LogP contribution in [0.15, 0.2) is 41.5 Å². The summed E-state index contributed by atoms with van der Waals surface area (Å²) in [4.78, 5) is 24.0. The summed E-state index contributed by atoms with van der Waals surface area (Å²) >= 11 is 0. The number of rotatable bonds is 10. The minimum atomic E-state index is -0.940. The molecule has 1 amide bonds. The number of nitrogens with zero attached hydrogens (tertiary/aromatic N) is 2. The SMILES string of the molecule is COc1ccc(C2=NN(C(=O)CCCC(=O)O)C(c3cccc(OC)c3OC)C2)cc1OC. The molecule has 0 bridgehead atoms. The van der Waals surface area contributed by atoms with Crippen LogP contribution in [0.25, 0.3) is 0 Å². The van der Waals surface area contributed by atoms with E-state index >= 15 is 0 Å². The number of hydrogen-bond acceptors (Lipinski definition) is 7. The van der Waals surface area contributed by atoms with Crippen LogP contribution in [0.3, 0.4) is 0 Å². The molecule has 0 aliphatic carbocycles. The highest BCUT2D eigenvalue weighted by Gasteiger charge is 2.35. The number of amides is 1. The van der Waals surface area contributed by atoms with Gasteiger partial charge in [-0.1, -0.05) is 12.1 Å². The van der Waals surface area contributed by atoms with E-state index in [2.05, 4.69) is 5.10 Å². The minimum absolute atomic E-state index is 0.0673. The van der Waals surface area contributed by atoms with Gasteiger partial charge in [0.25, 0.3) is 0 Å². The van der Waals surface area contributed by atoms with Gasteiger partial charge in [-0.05, 0) is 30.7 Å². The van der Waals surface area contributed by atoms with Crippen molar-refractivity contribution in [3.63, 3.8) is 0 Å². The lowest BCUT2D eigenvalue weighted by molar-refractivity contribution is -0.137. The molecule has 176 valence electrons. The molecular weight excluding hydrogens is 428 g/mol. The van der Waals surface area contributed by atoms with E-state index in [1.165, 1.54) is 5.01 Å². The zero-order valence-corrected chi connectivity index (χ0v) is 19.2. The Hall–Kier alpha value is -3.75. The first kappa shape index (κ1) is 23.9. The molecule has 1 aliphatic rings. The molecule has 0 saturated carbocycles. The van der Waals surface area contributed by atoms with Crippen molar-refractivity contribution in [2.24, 2.45) is 5.10 Å². The summed E-state index contributed by atoms with van der Waals surface area (Å²) in [6.07, 6.45) is 0.647. The molecule has 0 spiro atoms. The number of carboxylic acids is 1. The first-order valence-electron chi connectivity index (χ1n) is 10.5. The maximum absolute atomic E-state index is 13.1. The van der Waals surface area contributed by atoms with Crippen LogP contribution in [0.2, 0.25) is 0 Å². The van der Waals surface area contributed by atoms with E-state index < -0.39 is 12.0 Å². The lowest BCUT2D eigenvalue weighted by Gasteiger charge is -2.24. The van der Waals surface area contributed by atoms with Gasteiger partial charge in [0.1, 0.15) is 0 Å². The van der Waals surface area contributed by atoms with Gasteiger partial charge in [-0.2, -0.15) is 5.10 Å². The van der Waals surface area contributed by atoms with Crippen LogP contribution in [0, 0.1) is 0 Å². The summed E-state index contributed by atoms with van der Waals surface area (Å²) in [5.41, 5.74) is 2.24. The number of para-hydroxylation sites is 1. The molecule has 0 fully saturated rings. The first-order chi connectivity index (χ1) is 15.9. The standard InChI is InChI=1S/C24H28N2O7/c1-30-19-12-11-15(13-21(19)32-3)17-14-18(16-7-5-8-20(31-2)24(16)33-4)26(25-17)22(27)9-6-10-23(28)29/h5,7-8,11-13,18H,6,9-10,14H2,1-4H3,(H,28,29). The number of carbonyl (C=O) groups is 2. The van der Waals surface area contributed by atoms with Crippen molar-refractivity contribution in [3.8, 4) is 23.0 Å². The number of carbonyl (C=O) groups excluding carboxylic acids is 1.